The molecule has 1 N–H and O–H groups in total. The van der Waals surface area contributed by atoms with Gasteiger partial charge in [-0.05, 0) is 49.2 Å². The highest BCUT2D eigenvalue weighted by molar-refractivity contribution is 7.99. The van der Waals surface area contributed by atoms with Crippen molar-refractivity contribution < 1.29 is 14.3 Å². The Morgan fingerprint density at radius 2 is 1.72 bits per heavy atom. The van der Waals surface area contributed by atoms with Gasteiger partial charge in [-0.15, -0.1) is 11.8 Å². The molecule has 2 rings (SSSR count). The fourth-order valence-electron chi connectivity index (χ4n) is 2.75. The second-order valence-electron chi connectivity index (χ2n) is 6.56. The van der Waals surface area contributed by atoms with Crippen LogP contribution in [0, 0.1) is 0 Å². The van der Waals surface area contributed by atoms with E-state index in [-0.39, 0.29) is 11.8 Å². The van der Waals surface area contributed by atoms with Gasteiger partial charge in [-0.1, -0.05) is 35.9 Å². The molecule has 29 heavy (non-hydrogen) atoms. The van der Waals surface area contributed by atoms with Gasteiger partial charge in [0.25, 0.3) is 0 Å². The number of nitrogens with one attached hydrogen (secondary N) is 1. The van der Waals surface area contributed by atoms with Gasteiger partial charge in [0.05, 0.1) is 12.9 Å². The molecule has 0 heterocycles. The van der Waals surface area contributed by atoms with E-state index in [0.717, 1.165) is 16.9 Å². The molecule has 0 fully saturated rings. The van der Waals surface area contributed by atoms with Crippen LogP contribution >= 0.6 is 23.4 Å². The van der Waals surface area contributed by atoms with E-state index in [0.29, 0.717) is 29.6 Å². The number of benzene rings is 2. The van der Waals surface area contributed by atoms with Gasteiger partial charge in [0.2, 0.25) is 11.8 Å². The Morgan fingerprint density at radius 1 is 1.10 bits per heavy atom. The normalized spacial score (nSPS) is 11.6. The number of hydrogen-bond donors (Lipinski definition) is 1. The number of methoxy groups -OCH3 is 1. The average Bonchev–Trinajstić information content (AvgIpc) is 2.73. The first-order valence-electron chi connectivity index (χ1n) is 9.47. The topological polar surface area (TPSA) is 58.6 Å². The summed E-state index contributed by atoms with van der Waals surface area (Å²) in [5, 5.41) is 3.49. The molecule has 0 aromatic heterocycles. The van der Waals surface area contributed by atoms with E-state index in [4.69, 9.17) is 16.3 Å². The first-order valence-corrected chi connectivity index (χ1v) is 11.0. The molecular formula is C22H27ClN2O3S. The Balaban J connectivity index is 2.04. The van der Waals surface area contributed by atoms with Crippen molar-refractivity contribution >= 4 is 35.2 Å². The summed E-state index contributed by atoms with van der Waals surface area (Å²) in [6.45, 7) is 4.51. The van der Waals surface area contributed by atoms with Gasteiger partial charge >= 0.3 is 0 Å². The lowest BCUT2D eigenvalue weighted by Crippen LogP contribution is -2.48. The molecule has 0 radical (unpaired) electrons. The summed E-state index contributed by atoms with van der Waals surface area (Å²) in [5.41, 5.74) is 2.05. The molecule has 0 spiro atoms. The van der Waals surface area contributed by atoms with E-state index in [1.165, 1.54) is 11.8 Å². The Hall–Kier alpha value is -2.18. The standard InChI is InChI=1S/C22H27ClN2O3S/c1-4-24-22(27)16(2)25(13-17-7-11-20(28-3)12-8-17)21(26)15-29-14-18-5-9-19(23)10-6-18/h5-12,16H,4,13-15H2,1-3H3,(H,24,27)/t16-/m0/s1. The minimum atomic E-state index is -0.555. The molecule has 2 aromatic rings. The fourth-order valence-corrected chi connectivity index (χ4v) is 3.75. The SMILES string of the molecule is CCNC(=O)[C@H](C)N(Cc1ccc(OC)cc1)C(=O)CSCc1ccc(Cl)cc1. The van der Waals surface area contributed by atoms with Crippen LogP contribution in [0.25, 0.3) is 0 Å². The van der Waals surface area contributed by atoms with Gasteiger partial charge in [0.1, 0.15) is 11.8 Å². The quantitative estimate of drug-likeness (QED) is 0.610. The smallest absolute Gasteiger partial charge is 0.242 e. The Bertz CT molecular complexity index is 797. The maximum absolute atomic E-state index is 12.9. The molecular weight excluding hydrogens is 408 g/mol. The van der Waals surface area contributed by atoms with Crippen LogP contribution in [0.1, 0.15) is 25.0 Å². The van der Waals surface area contributed by atoms with E-state index >= 15 is 0 Å². The summed E-state index contributed by atoms with van der Waals surface area (Å²) < 4.78 is 5.19. The zero-order chi connectivity index (χ0) is 21.2. The number of halogens is 1. The number of amides is 2. The third-order valence-corrected chi connectivity index (χ3v) is 5.68. The molecule has 0 aliphatic carbocycles. The van der Waals surface area contributed by atoms with Crippen LogP contribution in [-0.4, -0.2) is 42.2 Å². The predicted molar refractivity (Wildman–Crippen MR) is 119 cm³/mol. The monoisotopic (exact) mass is 434 g/mol. The van der Waals surface area contributed by atoms with Crippen molar-refractivity contribution in [3.63, 3.8) is 0 Å². The zero-order valence-corrected chi connectivity index (χ0v) is 18.6. The van der Waals surface area contributed by atoms with Crippen molar-refractivity contribution in [2.24, 2.45) is 0 Å². The van der Waals surface area contributed by atoms with Crippen molar-refractivity contribution in [3.05, 3.63) is 64.7 Å². The van der Waals surface area contributed by atoms with Crippen LogP contribution in [0.2, 0.25) is 5.02 Å². The van der Waals surface area contributed by atoms with Gasteiger partial charge in [-0.2, -0.15) is 0 Å². The molecule has 2 aromatic carbocycles. The van der Waals surface area contributed by atoms with E-state index in [9.17, 15) is 9.59 Å². The lowest BCUT2D eigenvalue weighted by atomic mass is 10.1. The highest BCUT2D eigenvalue weighted by atomic mass is 35.5. The highest BCUT2D eigenvalue weighted by Crippen LogP contribution is 2.19. The van der Waals surface area contributed by atoms with Crippen molar-refractivity contribution in [2.75, 3.05) is 19.4 Å². The summed E-state index contributed by atoms with van der Waals surface area (Å²) in [7, 11) is 1.61. The summed E-state index contributed by atoms with van der Waals surface area (Å²) in [4.78, 5) is 26.9. The number of hydrogen-bond acceptors (Lipinski definition) is 4. The van der Waals surface area contributed by atoms with Gasteiger partial charge in [0, 0.05) is 23.9 Å². The van der Waals surface area contributed by atoms with Crippen LogP contribution in [0.3, 0.4) is 0 Å². The molecule has 0 aliphatic heterocycles. The molecule has 0 unspecified atom stereocenters. The molecule has 0 aliphatic rings. The van der Waals surface area contributed by atoms with Crippen molar-refractivity contribution in [3.8, 4) is 5.75 Å². The molecule has 1 atom stereocenters. The summed E-state index contributed by atoms with van der Waals surface area (Å²) in [6, 6.07) is 14.5. The molecule has 0 saturated heterocycles. The van der Waals surface area contributed by atoms with Crippen molar-refractivity contribution in [2.45, 2.75) is 32.2 Å². The van der Waals surface area contributed by atoms with Crippen molar-refractivity contribution in [1.82, 2.24) is 10.2 Å². The Kier molecular flexibility index (Phi) is 9.35. The lowest BCUT2D eigenvalue weighted by Gasteiger charge is -2.28. The first-order chi connectivity index (χ1) is 13.9. The van der Waals surface area contributed by atoms with Crippen molar-refractivity contribution in [1.29, 1.82) is 0 Å². The van der Waals surface area contributed by atoms with E-state index < -0.39 is 6.04 Å². The molecule has 156 valence electrons. The minimum absolute atomic E-state index is 0.0708. The third-order valence-electron chi connectivity index (χ3n) is 4.44. The predicted octanol–water partition coefficient (Wildman–Crippen LogP) is 4.14. The van der Waals surface area contributed by atoms with Gasteiger partial charge in [-0.3, -0.25) is 9.59 Å². The molecule has 5 nitrogen and oxygen atoms in total. The average molecular weight is 435 g/mol. The summed E-state index contributed by atoms with van der Waals surface area (Å²) in [5.74, 6) is 1.52. The second kappa shape index (κ2) is 11.7. The minimum Gasteiger partial charge on any atom is -0.497 e. The largest absolute Gasteiger partial charge is 0.497 e. The fraction of sp³-hybridized carbons (Fsp3) is 0.364. The van der Waals surface area contributed by atoms with E-state index in [2.05, 4.69) is 5.32 Å². The second-order valence-corrected chi connectivity index (χ2v) is 7.98. The van der Waals surface area contributed by atoms with E-state index in [1.54, 1.807) is 18.9 Å². The maximum atomic E-state index is 12.9. The third kappa shape index (κ3) is 7.29. The summed E-state index contributed by atoms with van der Waals surface area (Å²) in [6.07, 6.45) is 0. The number of carbonyl (C=O) groups is 2. The number of ether oxygens (including phenoxy) is 1. The molecule has 7 heteroatoms. The molecule has 2 amide bonds. The maximum Gasteiger partial charge on any atom is 0.242 e. The van der Waals surface area contributed by atoms with Gasteiger partial charge in [0.15, 0.2) is 0 Å². The molecule has 0 saturated carbocycles. The number of thioether (sulfide) groups is 1. The molecule has 0 bridgehead atoms. The van der Waals surface area contributed by atoms with Crippen LogP contribution < -0.4 is 10.1 Å². The number of nitrogens with zero attached hydrogens (tertiary/aromatic N) is 1. The van der Waals surface area contributed by atoms with Gasteiger partial charge in [-0.25, -0.2) is 0 Å². The van der Waals surface area contributed by atoms with Crippen LogP contribution in [0.5, 0.6) is 5.75 Å². The van der Waals surface area contributed by atoms with Crippen LogP contribution in [-0.2, 0) is 21.9 Å². The lowest BCUT2D eigenvalue weighted by molar-refractivity contribution is -0.138. The van der Waals surface area contributed by atoms with Crippen LogP contribution in [0.15, 0.2) is 48.5 Å². The highest BCUT2D eigenvalue weighted by Gasteiger charge is 2.25. The number of carbonyl (C=O) groups excluding carboxylic acids is 2. The Labute approximate surface area is 181 Å². The van der Waals surface area contributed by atoms with Gasteiger partial charge < -0.3 is 15.0 Å². The number of rotatable bonds is 10. The zero-order valence-electron chi connectivity index (χ0n) is 17.0. The van der Waals surface area contributed by atoms with E-state index in [1.807, 2.05) is 55.5 Å². The summed E-state index contributed by atoms with van der Waals surface area (Å²) >= 11 is 7.43. The number of likely N-dealkylation sites (N-methyl/N-ethyl adjacent to an activating group) is 1. The van der Waals surface area contributed by atoms with Crippen LogP contribution in [0.4, 0.5) is 0 Å². The Morgan fingerprint density at radius 3 is 2.31 bits per heavy atom. The first kappa shape index (κ1) is 23.1.